The molecule has 1 aliphatic rings. The molecule has 0 saturated carbocycles. The number of hydrogen-bond donors (Lipinski definition) is 2. The highest BCUT2D eigenvalue weighted by Crippen LogP contribution is 2.35. The van der Waals surface area contributed by atoms with Gasteiger partial charge in [0.05, 0.1) is 22.6 Å². The summed E-state index contributed by atoms with van der Waals surface area (Å²) < 4.78 is 40.4. The van der Waals surface area contributed by atoms with Gasteiger partial charge in [-0.2, -0.15) is 13.2 Å². The number of rotatable bonds is 2. The van der Waals surface area contributed by atoms with Crippen LogP contribution in [0.1, 0.15) is 34.7 Å². The first-order valence-electron chi connectivity index (χ1n) is 8.21. The molecule has 0 saturated heterocycles. The van der Waals surface area contributed by atoms with Crippen LogP contribution in [0.4, 0.5) is 18.0 Å². The van der Waals surface area contributed by atoms with Crippen molar-refractivity contribution in [2.45, 2.75) is 25.1 Å². The molecular weight excluding hydrogens is 343 g/mol. The number of nitrogens with one attached hydrogen (secondary N) is 2. The van der Waals surface area contributed by atoms with Crippen LogP contribution in [0.3, 0.4) is 0 Å². The van der Waals surface area contributed by atoms with Gasteiger partial charge in [-0.1, -0.05) is 36.9 Å². The van der Waals surface area contributed by atoms with Crippen LogP contribution in [0, 0.1) is 0 Å². The highest BCUT2D eigenvalue weighted by Gasteiger charge is 2.33. The third kappa shape index (κ3) is 2.60. The molecule has 4 rings (SSSR count). The van der Waals surface area contributed by atoms with Crippen molar-refractivity contribution in [2.75, 3.05) is 0 Å². The Balaban J connectivity index is 1.65. The molecule has 2 N–H and O–H groups in total. The van der Waals surface area contributed by atoms with Gasteiger partial charge in [-0.05, 0) is 36.1 Å². The fourth-order valence-corrected chi connectivity index (χ4v) is 3.47. The molecule has 1 atom stereocenters. The molecule has 3 aromatic rings. The van der Waals surface area contributed by atoms with E-state index in [-0.39, 0.29) is 11.6 Å². The minimum absolute atomic E-state index is 0.144. The van der Waals surface area contributed by atoms with Crippen molar-refractivity contribution < 1.29 is 18.0 Å². The first-order chi connectivity index (χ1) is 12.4. The number of alkyl halides is 3. The molecule has 4 nitrogen and oxygen atoms in total. The lowest BCUT2D eigenvalue weighted by Crippen LogP contribution is -2.35. The highest BCUT2D eigenvalue weighted by molar-refractivity contribution is 5.95. The van der Waals surface area contributed by atoms with Gasteiger partial charge >= 0.3 is 12.2 Å². The standard InChI is InChI=1S/C19H16F3N3O/c1-2-11-9-13(19(20,21)22)10-16-17(11)24-25(16)18(26)23-15-8-7-12-5-3-4-6-14(12)15/h2-6,9-10,15,24H,1,7-8H2,(H,23,26)/t15-/m1/s1. The van der Waals surface area contributed by atoms with Crippen LogP contribution in [0.25, 0.3) is 17.1 Å². The van der Waals surface area contributed by atoms with Crippen molar-refractivity contribution in [2.24, 2.45) is 0 Å². The van der Waals surface area contributed by atoms with Gasteiger partial charge in [0.1, 0.15) is 0 Å². The monoisotopic (exact) mass is 359 g/mol. The minimum atomic E-state index is -4.49. The predicted octanol–water partition coefficient (Wildman–Crippen LogP) is 4.88. The van der Waals surface area contributed by atoms with Crippen LogP contribution < -0.4 is 5.32 Å². The smallest absolute Gasteiger partial charge is 0.329 e. The van der Waals surface area contributed by atoms with Gasteiger partial charge in [-0.25, -0.2) is 9.48 Å². The number of aromatic nitrogens is 2. The number of fused-ring (bicyclic) bond motifs is 2. The van der Waals surface area contributed by atoms with Gasteiger partial charge in [0.15, 0.2) is 0 Å². The Hall–Kier alpha value is -2.96. The number of carbonyl (C=O) groups excluding carboxylic acids is 1. The second-order valence-electron chi connectivity index (χ2n) is 6.35. The van der Waals surface area contributed by atoms with Crippen LogP contribution in [-0.2, 0) is 12.6 Å². The number of aryl methyl sites for hydroxylation is 1. The fourth-order valence-electron chi connectivity index (χ4n) is 3.47. The van der Waals surface area contributed by atoms with Crippen LogP contribution in [0.2, 0.25) is 0 Å². The molecule has 1 amide bonds. The van der Waals surface area contributed by atoms with Gasteiger partial charge in [0, 0.05) is 5.56 Å². The molecule has 1 aromatic heterocycles. The van der Waals surface area contributed by atoms with E-state index in [4.69, 9.17) is 0 Å². The SMILES string of the molecule is C=Cc1cc(C(F)(F)F)cc2c1[nH]n2C(=O)N[C@@H]1CCc2ccccc21. The van der Waals surface area contributed by atoms with Gasteiger partial charge in [-0.15, -0.1) is 0 Å². The second kappa shape index (κ2) is 5.79. The summed E-state index contributed by atoms with van der Waals surface area (Å²) >= 11 is 0. The molecule has 134 valence electrons. The molecule has 2 aromatic carbocycles. The van der Waals surface area contributed by atoms with Crippen molar-refractivity contribution in [1.29, 1.82) is 0 Å². The molecule has 7 heteroatoms. The molecule has 1 heterocycles. The van der Waals surface area contributed by atoms with E-state index in [0.29, 0.717) is 11.1 Å². The van der Waals surface area contributed by atoms with Crippen LogP contribution >= 0.6 is 0 Å². The summed E-state index contributed by atoms with van der Waals surface area (Å²) in [4.78, 5) is 12.6. The average molecular weight is 359 g/mol. The predicted molar refractivity (Wildman–Crippen MR) is 92.8 cm³/mol. The molecule has 0 radical (unpaired) electrons. The topological polar surface area (TPSA) is 49.8 Å². The lowest BCUT2D eigenvalue weighted by atomic mass is 10.1. The highest BCUT2D eigenvalue weighted by atomic mass is 19.4. The number of aromatic amines is 1. The van der Waals surface area contributed by atoms with Gasteiger partial charge < -0.3 is 5.32 Å². The molecule has 26 heavy (non-hydrogen) atoms. The Kier molecular flexibility index (Phi) is 3.68. The van der Waals surface area contributed by atoms with E-state index in [2.05, 4.69) is 17.0 Å². The molecule has 0 fully saturated rings. The minimum Gasteiger partial charge on any atom is -0.329 e. The van der Waals surface area contributed by atoms with Crippen molar-refractivity contribution in [3.05, 3.63) is 65.2 Å². The van der Waals surface area contributed by atoms with E-state index in [9.17, 15) is 18.0 Å². The molecule has 0 bridgehead atoms. The second-order valence-corrected chi connectivity index (χ2v) is 6.35. The lowest BCUT2D eigenvalue weighted by Gasteiger charge is -2.21. The first-order valence-corrected chi connectivity index (χ1v) is 8.21. The number of benzene rings is 2. The third-order valence-corrected chi connectivity index (χ3v) is 4.79. The number of hydrogen-bond acceptors (Lipinski definition) is 1. The number of amides is 1. The summed E-state index contributed by atoms with van der Waals surface area (Å²) in [6.07, 6.45) is -1.52. The number of halogens is 3. The Morgan fingerprint density at radius 1 is 1.31 bits per heavy atom. The van der Waals surface area contributed by atoms with E-state index in [0.717, 1.165) is 35.2 Å². The van der Waals surface area contributed by atoms with E-state index < -0.39 is 17.8 Å². The third-order valence-electron chi connectivity index (χ3n) is 4.79. The summed E-state index contributed by atoms with van der Waals surface area (Å²) in [6, 6.07) is 9.20. The summed E-state index contributed by atoms with van der Waals surface area (Å²) in [5.74, 6) is 0. The summed E-state index contributed by atoms with van der Waals surface area (Å²) in [5.41, 5.74) is 2.40. The molecule has 1 aliphatic carbocycles. The Morgan fingerprint density at radius 2 is 2.08 bits per heavy atom. The molecule has 0 aliphatic heterocycles. The fraction of sp³-hybridized carbons (Fsp3) is 0.211. The van der Waals surface area contributed by atoms with Crippen LogP contribution in [-0.4, -0.2) is 15.8 Å². The quantitative estimate of drug-likeness (QED) is 0.673. The number of H-pyrrole nitrogens is 1. The zero-order chi connectivity index (χ0) is 18.5. The number of carbonyl (C=O) groups is 1. The summed E-state index contributed by atoms with van der Waals surface area (Å²) in [5, 5.41) is 5.69. The number of nitrogens with zero attached hydrogens (tertiary/aromatic N) is 1. The Labute approximate surface area is 147 Å². The normalized spacial score (nSPS) is 16.7. The van der Waals surface area contributed by atoms with E-state index in [1.54, 1.807) is 0 Å². The lowest BCUT2D eigenvalue weighted by molar-refractivity contribution is -0.137. The molecular formula is C19H16F3N3O. The Bertz CT molecular complexity index is 1010. The van der Waals surface area contributed by atoms with Crippen LogP contribution in [0.15, 0.2) is 43.0 Å². The van der Waals surface area contributed by atoms with Crippen molar-refractivity contribution in [1.82, 2.24) is 15.1 Å². The Morgan fingerprint density at radius 3 is 2.81 bits per heavy atom. The van der Waals surface area contributed by atoms with Crippen LogP contribution in [0.5, 0.6) is 0 Å². The van der Waals surface area contributed by atoms with Gasteiger partial charge in [0.25, 0.3) is 0 Å². The van der Waals surface area contributed by atoms with E-state index >= 15 is 0 Å². The maximum Gasteiger partial charge on any atom is 0.416 e. The zero-order valence-electron chi connectivity index (χ0n) is 13.7. The maximum absolute atomic E-state index is 13.1. The average Bonchev–Trinajstić information content (AvgIpc) is 2.97. The van der Waals surface area contributed by atoms with E-state index in [1.165, 1.54) is 11.6 Å². The molecule has 0 unspecified atom stereocenters. The van der Waals surface area contributed by atoms with E-state index in [1.807, 2.05) is 24.3 Å². The summed E-state index contributed by atoms with van der Waals surface area (Å²) in [7, 11) is 0. The maximum atomic E-state index is 13.1. The zero-order valence-corrected chi connectivity index (χ0v) is 13.7. The van der Waals surface area contributed by atoms with Crippen molar-refractivity contribution in [3.8, 4) is 0 Å². The first kappa shape index (κ1) is 16.5. The van der Waals surface area contributed by atoms with Gasteiger partial charge in [-0.3, -0.25) is 5.10 Å². The van der Waals surface area contributed by atoms with Gasteiger partial charge in [0.2, 0.25) is 0 Å². The van der Waals surface area contributed by atoms with Crippen molar-refractivity contribution in [3.63, 3.8) is 0 Å². The molecule has 0 spiro atoms. The summed E-state index contributed by atoms with van der Waals surface area (Å²) in [6.45, 7) is 3.54. The van der Waals surface area contributed by atoms with Crippen molar-refractivity contribution >= 4 is 23.1 Å². The largest absolute Gasteiger partial charge is 0.416 e.